The number of ether oxygens (including phenoxy) is 1. The van der Waals surface area contributed by atoms with Crippen molar-refractivity contribution >= 4 is 11.5 Å². The Hall–Kier alpha value is -1.36. The molecule has 4 saturated carbocycles. The predicted molar refractivity (Wildman–Crippen MR) is 132 cm³/mol. The molecule has 0 aromatic carbocycles. The van der Waals surface area contributed by atoms with Gasteiger partial charge in [0.2, 0.25) is 0 Å². The monoisotopic (exact) mass is 455 g/mol. The molecule has 0 saturated heterocycles. The number of aromatic nitrogens is 2. The maximum atomic E-state index is 13.4. The van der Waals surface area contributed by atoms with E-state index >= 15 is 0 Å². The molecule has 184 valence electrons. The zero-order chi connectivity index (χ0) is 23.2. The minimum absolute atomic E-state index is 0.217. The Morgan fingerprint density at radius 3 is 2.67 bits per heavy atom. The molecule has 0 spiro atoms. The molecule has 4 aliphatic rings. The van der Waals surface area contributed by atoms with Gasteiger partial charge in [0.25, 0.3) is 0 Å². The molecule has 0 radical (unpaired) electrons. The van der Waals surface area contributed by atoms with Gasteiger partial charge in [-0.15, -0.1) is 0 Å². The number of aryl methyl sites for hydroxylation is 1. The van der Waals surface area contributed by atoms with Gasteiger partial charge in [-0.3, -0.25) is 9.48 Å². The SMILES string of the molecule is CNc1cnn(CCC(=O)[C@H]2CC[C@H]3[C@@H]4CC[C@@H]5C[C@@H](COC)CC[C@]5(C)[C@H]4CC[C@]23C)c1. The van der Waals surface area contributed by atoms with Crippen LogP contribution < -0.4 is 5.32 Å². The van der Waals surface area contributed by atoms with Crippen LogP contribution in [0, 0.1) is 46.3 Å². The highest BCUT2D eigenvalue weighted by Crippen LogP contribution is 2.67. The van der Waals surface area contributed by atoms with Crippen molar-refractivity contribution in [2.75, 3.05) is 26.1 Å². The van der Waals surface area contributed by atoms with Crippen molar-refractivity contribution in [1.82, 2.24) is 9.78 Å². The van der Waals surface area contributed by atoms with Gasteiger partial charge < -0.3 is 10.1 Å². The summed E-state index contributed by atoms with van der Waals surface area (Å²) in [4.78, 5) is 13.4. The largest absolute Gasteiger partial charge is 0.386 e. The van der Waals surface area contributed by atoms with Crippen LogP contribution >= 0.6 is 0 Å². The van der Waals surface area contributed by atoms with E-state index in [9.17, 15) is 4.79 Å². The van der Waals surface area contributed by atoms with Crippen LogP contribution in [0.5, 0.6) is 0 Å². The lowest BCUT2D eigenvalue weighted by atomic mass is 9.44. The molecular weight excluding hydrogens is 410 g/mol. The Kier molecular flexibility index (Phi) is 6.39. The third-order valence-corrected chi connectivity index (χ3v) is 11.1. The summed E-state index contributed by atoms with van der Waals surface area (Å²) in [6.07, 6.45) is 16.3. The first-order valence-corrected chi connectivity index (χ1v) is 13.6. The molecule has 5 nitrogen and oxygen atoms in total. The first-order chi connectivity index (χ1) is 15.9. The van der Waals surface area contributed by atoms with E-state index in [1.807, 2.05) is 31.2 Å². The lowest BCUT2D eigenvalue weighted by Gasteiger charge is -2.61. The summed E-state index contributed by atoms with van der Waals surface area (Å²) in [6, 6.07) is 0. The number of methoxy groups -OCH3 is 1. The summed E-state index contributed by atoms with van der Waals surface area (Å²) in [6.45, 7) is 6.77. The Bertz CT molecular complexity index is 852. The van der Waals surface area contributed by atoms with Crippen molar-refractivity contribution in [3.8, 4) is 0 Å². The Balaban J connectivity index is 1.25. The molecular formula is C28H45N3O2. The third-order valence-electron chi connectivity index (χ3n) is 11.1. The van der Waals surface area contributed by atoms with Gasteiger partial charge in [-0.05, 0) is 98.2 Å². The second kappa shape index (κ2) is 9.02. The van der Waals surface area contributed by atoms with Crippen LogP contribution in [-0.2, 0) is 16.1 Å². The molecule has 1 aromatic heterocycles. The number of Topliss-reactive ketones (excluding diaryl/α,β-unsaturated/α-hetero) is 1. The molecule has 1 aromatic rings. The van der Waals surface area contributed by atoms with E-state index in [0.29, 0.717) is 24.2 Å². The second-order valence-corrected chi connectivity index (χ2v) is 12.4. The van der Waals surface area contributed by atoms with Crippen molar-refractivity contribution in [1.29, 1.82) is 0 Å². The number of rotatable bonds is 7. The molecule has 0 bridgehead atoms. The fraction of sp³-hybridized carbons (Fsp3) is 0.857. The lowest BCUT2D eigenvalue weighted by molar-refractivity contribution is -0.138. The number of carbonyl (C=O) groups is 1. The zero-order valence-corrected chi connectivity index (χ0v) is 21.3. The van der Waals surface area contributed by atoms with Gasteiger partial charge in [-0.2, -0.15) is 5.10 Å². The average Bonchev–Trinajstić information content (AvgIpc) is 3.41. The van der Waals surface area contributed by atoms with Crippen LogP contribution in [0.25, 0.3) is 0 Å². The third kappa shape index (κ3) is 3.96. The Morgan fingerprint density at radius 1 is 1.12 bits per heavy atom. The summed E-state index contributed by atoms with van der Waals surface area (Å²) in [5.74, 6) is 4.85. The minimum Gasteiger partial charge on any atom is -0.386 e. The minimum atomic E-state index is 0.217. The fourth-order valence-corrected chi connectivity index (χ4v) is 9.28. The summed E-state index contributed by atoms with van der Waals surface area (Å²) in [7, 11) is 3.76. The second-order valence-electron chi connectivity index (χ2n) is 12.4. The first kappa shape index (κ1) is 23.4. The van der Waals surface area contributed by atoms with Crippen LogP contribution in [0.3, 0.4) is 0 Å². The van der Waals surface area contributed by atoms with Crippen molar-refractivity contribution in [2.24, 2.45) is 46.3 Å². The molecule has 5 rings (SSSR count). The van der Waals surface area contributed by atoms with E-state index in [2.05, 4.69) is 24.3 Å². The number of ketones is 1. The maximum absolute atomic E-state index is 13.4. The van der Waals surface area contributed by atoms with Crippen LogP contribution in [0.4, 0.5) is 5.69 Å². The molecule has 1 heterocycles. The number of hydrogen-bond donors (Lipinski definition) is 1. The summed E-state index contributed by atoms with van der Waals surface area (Å²) >= 11 is 0. The van der Waals surface area contributed by atoms with Crippen LogP contribution in [0.1, 0.15) is 78.1 Å². The molecule has 8 atom stereocenters. The van der Waals surface area contributed by atoms with E-state index in [0.717, 1.165) is 48.3 Å². The van der Waals surface area contributed by atoms with Crippen molar-refractivity contribution in [2.45, 2.75) is 84.6 Å². The van der Waals surface area contributed by atoms with Gasteiger partial charge in [-0.25, -0.2) is 0 Å². The summed E-state index contributed by atoms with van der Waals surface area (Å²) in [5, 5.41) is 7.51. The number of nitrogens with zero attached hydrogens (tertiary/aromatic N) is 2. The highest BCUT2D eigenvalue weighted by atomic mass is 16.5. The van der Waals surface area contributed by atoms with Gasteiger partial charge in [0.15, 0.2) is 0 Å². The number of hydrogen-bond acceptors (Lipinski definition) is 4. The van der Waals surface area contributed by atoms with Gasteiger partial charge in [0.05, 0.1) is 11.9 Å². The predicted octanol–water partition coefficient (Wildman–Crippen LogP) is 5.81. The van der Waals surface area contributed by atoms with E-state index in [-0.39, 0.29) is 11.3 Å². The molecule has 33 heavy (non-hydrogen) atoms. The van der Waals surface area contributed by atoms with Crippen LogP contribution in [-0.4, -0.2) is 36.3 Å². The van der Waals surface area contributed by atoms with E-state index < -0.39 is 0 Å². The quantitative estimate of drug-likeness (QED) is 0.564. The standard InChI is InChI=1S/C28H45N3O2/c1-27-12-9-19(18-33-4)15-20(27)5-6-22-23-7-8-25(28(23,2)13-10-24(22)27)26(32)11-14-31-17-21(29-3)16-30-31/h16-17,19-20,22-25,29H,5-15,18H2,1-4H3/t19-,20+,22-,23-,24-,25+,27-,28-/m0/s1. The topological polar surface area (TPSA) is 56.2 Å². The Labute approximate surface area is 200 Å². The highest BCUT2D eigenvalue weighted by molar-refractivity contribution is 5.82. The molecule has 5 heteroatoms. The Morgan fingerprint density at radius 2 is 1.91 bits per heavy atom. The fourth-order valence-electron chi connectivity index (χ4n) is 9.28. The smallest absolute Gasteiger partial charge is 0.138 e. The molecule has 0 amide bonds. The van der Waals surface area contributed by atoms with Crippen molar-refractivity contribution < 1.29 is 9.53 Å². The number of fused-ring (bicyclic) bond motifs is 5. The summed E-state index contributed by atoms with van der Waals surface area (Å²) < 4.78 is 7.43. The van der Waals surface area contributed by atoms with E-state index in [4.69, 9.17) is 4.74 Å². The maximum Gasteiger partial charge on any atom is 0.138 e. The molecule has 1 N–H and O–H groups in total. The van der Waals surface area contributed by atoms with Gasteiger partial charge >= 0.3 is 0 Å². The lowest BCUT2D eigenvalue weighted by Crippen LogP contribution is -2.54. The first-order valence-electron chi connectivity index (χ1n) is 13.6. The average molecular weight is 456 g/mol. The van der Waals surface area contributed by atoms with E-state index in [1.54, 1.807) is 0 Å². The van der Waals surface area contributed by atoms with Crippen molar-refractivity contribution in [3.05, 3.63) is 12.4 Å². The van der Waals surface area contributed by atoms with Crippen molar-refractivity contribution in [3.63, 3.8) is 0 Å². The van der Waals surface area contributed by atoms with Crippen LogP contribution in [0.2, 0.25) is 0 Å². The van der Waals surface area contributed by atoms with Gasteiger partial charge in [0, 0.05) is 45.8 Å². The highest BCUT2D eigenvalue weighted by Gasteiger charge is 2.61. The zero-order valence-electron chi connectivity index (χ0n) is 21.3. The number of anilines is 1. The number of carbonyl (C=O) groups excluding carboxylic acids is 1. The van der Waals surface area contributed by atoms with E-state index in [1.165, 1.54) is 51.4 Å². The molecule has 0 aliphatic heterocycles. The summed E-state index contributed by atoms with van der Waals surface area (Å²) in [5.41, 5.74) is 1.74. The van der Waals surface area contributed by atoms with Gasteiger partial charge in [0.1, 0.15) is 5.78 Å². The van der Waals surface area contributed by atoms with Gasteiger partial charge in [-0.1, -0.05) is 13.8 Å². The molecule has 0 unspecified atom stereocenters. The molecule has 4 fully saturated rings. The normalized spacial score (nSPS) is 42.3. The number of nitrogens with one attached hydrogen (secondary N) is 1. The molecule has 4 aliphatic carbocycles. The van der Waals surface area contributed by atoms with Crippen LogP contribution in [0.15, 0.2) is 12.4 Å².